The predicted octanol–water partition coefficient (Wildman–Crippen LogP) is 2.85. The molecule has 0 spiro atoms. The molecule has 0 saturated heterocycles. The summed E-state index contributed by atoms with van der Waals surface area (Å²) in [6.07, 6.45) is 4.50. The summed E-state index contributed by atoms with van der Waals surface area (Å²) < 4.78 is 2.08. The van der Waals surface area contributed by atoms with Crippen LogP contribution in [0.5, 0.6) is 0 Å². The molecule has 1 aromatic carbocycles. The van der Waals surface area contributed by atoms with E-state index in [1.54, 1.807) is 6.92 Å². The first-order valence-corrected chi connectivity index (χ1v) is 7.23. The van der Waals surface area contributed by atoms with E-state index in [1.807, 2.05) is 30.5 Å². The van der Waals surface area contributed by atoms with Gasteiger partial charge in [-0.15, -0.1) is 6.58 Å². The van der Waals surface area contributed by atoms with Crippen LogP contribution in [0.25, 0.3) is 0 Å². The van der Waals surface area contributed by atoms with Crippen LogP contribution in [0.4, 0.5) is 0 Å². The van der Waals surface area contributed by atoms with Gasteiger partial charge in [-0.25, -0.2) is 4.98 Å². The number of rotatable bonds is 7. The van der Waals surface area contributed by atoms with E-state index in [-0.39, 0.29) is 5.91 Å². The zero-order valence-electron chi connectivity index (χ0n) is 12.9. The number of hydrogen-bond acceptors (Lipinski definition) is 2. The lowest BCUT2D eigenvalue weighted by molar-refractivity contribution is -0.117. The molecule has 2 aromatic rings. The van der Waals surface area contributed by atoms with Crippen LogP contribution < -0.4 is 5.32 Å². The SMILES string of the molecule is C=CCn1c(Cc2ccccc2)cnc1CNC(=O)C(=C)C. The van der Waals surface area contributed by atoms with Crippen molar-refractivity contribution in [3.63, 3.8) is 0 Å². The van der Waals surface area contributed by atoms with E-state index in [4.69, 9.17) is 0 Å². The average Bonchev–Trinajstić information content (AvgIpc) is 2.88. The molecule has 1 aromatic heterocycles. The third-order valence-electron chi connectivity index (χ3n) is 3.36. The summed E-state index contributed by atoms with van der Waals surface area (Å²) in [5.74, 6) is 0.665. The Balaban J connectivity index is 2.16. The summed E-state index contributed by atoms with van der Waals surface area (Å²) in [6.45, 7) is 10.2. The molecule has 0 radical (unpaired) electrons. The van der Waals surface area contributed by atoms with Crippen molar-refractivity contribution >= 4 is 5.91 Å². The lowest BCUT2D eigenvalue weighted by atomic mass is 10.1. The highest BCUT2D eigenvalue weighted by Crippen LogP contribution is 2.12. The molecule has 0 atom stereocenters. The van der Waals surface area contributed by atoms with Crippen LogP contribution in [0, 0.1) is 0 Å². The molecule has 2 rings (SSSR count). The van der Waals surface area contributed by atoms with E-state index in [1.165, 1.54) is 5.56 Å². The Kier molecular flexibility index (Phi) is 5.31. The Labute approximate surface area is 131 Å². The summed E-state index contributed by atoms with van der Waals surface area (Å²) in [5.41, 5.74) is 2.82. The highest BCUT2D eigenvalue weighted by molar-refractivity contribution is 5.91. The van der Waals surface area contributed by atoms with Crippen LogP contribution in [-0.2, 0) is 24.3 Å². The monoisotopic (exact) mass is 295 g/mol. The zero-order chi connectivity index (χ0) is 15.9. The first-order valence-electron chi connectivity index (χ1n) is 7.23. The van der Waals surface area contributed by atoms with Gasteiger partial charge in [-0.1, -0.05) is 43.0 Å². The normalized spacial score (nSPS) is 10.2. The smallest absolute Gasteiger partial charge is 0.246 e. The van der Waals surface area contributed by atoms with Crippen molar-refractivity contribution in [2.75, 3.05) is 0 Å². The number of benzene rings is 1. The van der Waals surface area contributed by atoms with Gasteiger partial charge >= 0.3 is 0 Å². The van der Waals surface area contributed by atoms with E-state index in [0.717, 1.165) is 17.9 Å². The number of nitrogens with zero attached hydrogens (tertiary/aromatic N) is 2. The molecular formula is C18H21N3O. The highest BCUT2D eigenvalue weighted by atomic mass is 16.1. The van der Waals surface area contributed by atoms with E-state index in [9.17, 15) is 4.79 Å². The number of aromatic nitrogens is 2. The minimum absolute atomic E-state index is 0.155. The molecule has 0 saturated carbocycles. The molecule has 4 nitrogen and oxygen atoms in total. The van der Waals surface area contributed by atoms with Crippen molar-refractivity contribution in [1.29, 1.82) is 0 Å². The number of nitrogens with one attached hydrogen (secondary N) is 1. The van der Waals surface area contributed by atoms with E-state index >= 15 is 0 Å². The molecule has 4 heteroatoms. The second-order valence-electron chi connectivity index (χ2n) is 5.19. The van der Waals surface area contributed by atoms with Crippen LogP contribution in [0.3, 0.4) is 0 Å². The fraction of sp³-hybridized carbons (Fsp3) is 0.222. The van der Waals surface area contributed by atoms with Gasteiger partial charge < -0.3 is 9.88 Å². The van der Waals surface area contributed by atoms with Crippen molar-refractivity contribution in [2.45, 2.75) is 26.4 Å². The van der Waals surface area contributed by atoms with E-state index in [2.05, 4.69) is 40.2 Å². The summed E-state index contributed by atoms with van der Waals surface area (Å²) >= 11 is 0. The Morgan fingerprint density at radius 1 is 1.36 bits per heavy atom. The van der Waals surface area contributed by atoms with Gasteiger partial charge in [0.05, 0.1) is 6.54 Å². The topological polar surface area (TPSA) is 46.9 Å². The fourth-order valence-electron chi connectivity index (χ4n) is 2.20. The molecule has 0 aliphatic rings. The van der Waals surface area contributed by atoms with Gasteiger partial charge in [0.2, 0.25) is 5.91 Å². The van der Waals surface area contributed by atoms with E-state index < -0.39 is 0 Å². The molecule has 114 valence electrons. The molecule has 1 heterocycles. The van der Waals surface area contributed by atoms with Gasteiger partial charge in [-0.3, -0.25) is 4.79 Å². The summed E-state index contributed by atoms with van der Waals surface area (Å²) in [5, 5.41) is 2.82. The molecule has 0 aliphatic heterocycles. The molecule has 1 amide bonds. The number of imidazole rings is 1. The van der Waals surface area contributed by atoms with Gasteiger partial charge in [0.1, 0.15) is 5.82 Å². The van der Waals surface area contributed by atoms with E-state index in [0.29, 0.717) is 18.7 Å². The Hall–Kier alpha value is -2.62. The van der Waals surface area contributed by atoms with Crippen molar-refractivity contribution in [3.8, 4) is 0 Å². The lowest BCUT2D eigenvalue weighted by Crippen LogP contribution is -2.25. The summed E-state index contributed by atoms with van der Waals surface area (Å²) in [7, 11) is 0. The second kappa shape index (κ2) is 7.41. The van der Waals surface area contributed by atoms with Crippen molar-refractivity contribution in [3.05, 3.63) is 78.4 Å². The number of amides is 1. The first-order chi connectivity index (χ1) is 10.6. The highest BCUT2D eigenvalue weighted by Gasteiger charge is 2.11. The van der Waals surface area contributed by atoms with Crippen molar-refractivity contribution in [2.24, 2.45) is 0 Å². The Morgan fingerprint density at radius 3 is 2.73 bits per heavy atom. The minimum atomic E-state index is -0.155. The Bertz CT molecular complexity index is 671. The second-order valence-corrected chi connectivity index (χ2v) is 5.19. The van der Waals surface area contributed by atoms with Gasteiger partial charge in [-0.2, -0.15) is 0 Å². The van der Waals surface area contributed by atoms with Crippen LogP contribution in [0.2, 0.25) is 0 Å². The first kappa shape index (κ1) is 15.8. The van der Waals surface area contributed by atoms with Crippen LogP contribution in [-0.4, -0.2) is 15.5 Å². The number of hydrogen-bond donors (Lipinski definition) is 1. The number of allylic oxidation sites excluding steroid dienone is 1. The fourth-order valence-corrected chi connectivity index (χ4v) is 2.20. The maximum Gasteiger partial charge on any atom is 0.246 e. The predicted molar refractivity (Wildman–Crippen MR) is 88.3 cm³/mol. The Morgan fingerprint density at radius 2 is 2.09 bits per heavy atom. The van der Waals surface area contributed by atoms with Gasteiger partial charge in [-0.05, 0) is 12.5 Å². The summed E-state index contributed by atoms with van der Waals surface area (Å²) in [6, 6.07) is 10.2. The standard InChI is InChI=1S/C18H21N3O/c1-4-10-21-16(11-15-8-6-5-7-9-15)12-19-17(21)13-20-18(22)14(2)3/h4-9,12H,1-2,10-11,13H2,3H3,(H,20,22). The van der Waals surface area contributed by atoms with Crippen LogP contribution in [0.1, 0.15) is 24.0 Å². The largest absolute Gasteiger partial charge is 0.345 e. The maximum atomic E-state index is 11.6. The maximum absolute atomic E-state index is 11.6. The van der Waals surface area contributed by atoms with Gasteiger partial charge in [0.25, 0.3) is 0 Å². The molecule has 22 heavy (non-hydrogen) atoms. The van der Waals surface area contributed by atoms with Crippen molar-refractivity contribution < 1.29 is 4.79 Å². The molecule has 0 unspecified atom stereocenters. The molecular weight excluding hydrogens is 274 g/mol. The molecule has 1 N–H and O–H groups in total. The molecule has 0 aliphatic carbocycles. The minimum Gasteiger partial charge on any atom is -0.345 e. The molecule has 0 bridgehead atoms. The number of carbonyl (C=O) groups excluding carboxylic acids is 1. The van der Waals surface area contributed by atoms with Gasteiger partial charge in [0.15, 0.2) is 0 Å². The zero-order valence-corrected chi connectivity index (χ0v) is 12.9. The van der Waals surface area contributed by atoms with Crippen LogP contribution >= 0.6 is 0 Å². The summed E-state index contributed by atoms with van der Waals surface area (Å²) in [4.78, 5) is 16.0. The average molecular weight is 295 g/mol. The van der Waals surface area contributed by atoms with Crippen LogP contribution in [0.15, 0.2) is 61.3 Å². The van der Waals surface area contributed by atoms with Crippen molar-refractivity contribution in [1.82, 2.24) is 14.9 Å². The third-order valence-corrected chi connectivity index (χ3v) is 3.36. The molecule has 0 fully saturated rings. The quantitative estimate of drug-likeness (QED) is 0.630. The lowest BCUT2D eigenvalue weighted by Gasteiger charge is -2.11. The third kappa shape index (κ3) is 3.95. The number of carbonyl (C=O) groups is 1. The van der Waals surface area contributed by atoms with Gasteiger partial charge in [0, 0.05) is 30.4 Å².